The number of nitrogens with two attached hydrogens (primary N) is 1. The van der Waals surface area contributed by atoms with Crippen LogP contribution < -0.4 is 10.0 Å². The summed E-state index contributed by atoms with van der Waals surface area (Å²) < 4.78 is 27.8. The van der Waals surface area contributed by atoms with Gasteiger partial charge in [0.2, 0.25) is 15.9 Å². The van der Waals surface area contributed by atoms with Gasteiger partial charge in [-0.05, 0) is 6.92 Å². The predicted molar refractivity (Wildman–Crippen MR) is 80.0 cm³/mol. The second-order valence-corrected chi connectivity index (χ2v) is 7.80. The lowest BCUT2D eigenvalue weighted by Crippen LogP contribution is -2.46. The van der Waals surface area contributed by atoms with Gasteiger partial charge in [0.1, 0.15) is 0 Å². The fourth-order valence-electron chi connectivity index (χ4n) is 2.22. The summed E-state index contributed by atoms with van der Waals surface area (Å²) in [7, 11) is -3.68. The minimum atomic E-state index is -3.68. The Morgan fingerprint density at radius 3 is 2.64 bits per heavy atom. The minimum absolute atomic E-state index is 0.0891. The molecular formula is C11H16N6O3S2. The van der Waals surface area contributed by atoms with Gasteiger partial charge in [0, 0.05) is 26.2 Å². The van der Waals surface area contributed by atoms with Gasteiger partial charge in [0.25, 0.3) is 0 Å². The Kier molecular flexibility index (Phi) is 4.12. The molecule has 0 radical (unpaired) electrons. The summed E-state index contributed by atoms with van der Waals surface area (Å²) in [4.78, 5) is 12.6. The number of nitrogens with zero attached hydrogens (tertiary/aromatic N) is 5. The van der Waals surface area contributed by atoms with Crippen LogP contribution in [-0.2, 0) is 16.6 Å². The molecule has 3 heterocycles. The van der Waals surface area contributed by atoms with Gasteiger partial charge in [-0.1, -0.05) is 16.5 Å². The topological polar surface area (TPSA) is 118 Å². The highest BCUT2D eigenvalue weighted by Crippen LogP contribution is 2.26. The third kappa shape index (κ3) is 3.43. The third-order valence-corrected chi connectivity index (χ3v) is 5.79. The van der Waals surface area contributed by atoms with Crippen molar-refractivity contribution in [3.63, 3.8) is 0 Å². The number of primary sulfonamides is 1. The molecule has 2 aromatic rings. The molecule has 3 rings (SSSR count). The molecule has 120 valence electrons. The highest BCUT2D eigenvalue weighted by molar-refractivity contribution is 7.91. The Balaban J connectivity index is 1.58. The van der Waals surface area contributed by atoms with Gasteiger partial charge in [0.05, 0.1) is 12.7 Å². The molecule has 0 spiro atoms. The number of aryl methyl sites for hydroxylation is 1. The molecule has 0 amide bonds. The quantitative estimate of drug-likeness (QED) is 0.810. The van der Waals surface area contributed by atoms with Gasteiger partial charge in [-0.15, -0.1) is 0 Å². The Labute approximate surface area is 131 Å². The summed E-state index contributed by atoms with van der Waals surface area (Å²) in [5.74, 6) is 1.24. The van der Waals surface area contributed by atoms with Crippen molar-refractivity contribution in [1.82, 2.24) is 20.0 Å². The number of hydrogen-bond donors (Lipinski definition) is 1. The number of thiazole rings is 1. The number of aromatic nitrogens is 3. The van der Waals surface area contributed by atoms with Crippen LogP contribution in [0.3, 0.4) is 0 Å². The van der Waals surface area contributed by atoms with E-state index in [-0.39, 0.29) is 4.21 Å². The average Bonchev–Trinajstić information content (AvgIpc) is 3.08. The van der Waals surface area contributed by atoms with Gasteiger partial charge in [0.15, 0.2) is 15.2 Å². The van der Waals surface area contributed by atoms with Gasteiger partial charge < -0.3 is 9.42 Å². The number of rotatable bonds is 4. The van der Waals surface area contributed by atoms with Crippen molar-refractivity contribution < 1.29 is 12.9 Å². The maximum absolute atomic E-state index is 11.3. The van der Waals surface area contributed by atoms with Crippen molar-refractivity contribution in [2.24, 2.45) is 5.14 Å². The molecule has 0 unspecified atom stereocenters. The van der Waals surface area contributed by atoms with Gasteiger partial charge in [-0.2, -0.15) is 4.98 Å². The van der Waals surface area contributed by atoms with E-state index in [2.05, 4.69) is 24.9 Å². The fourth-order valence-corrected chi connectivity index (χ4v) is 3.81. The van der Waals surface area contributed by atoms with E-state index >= 15 is 0 Å². The molecular weight excluding hydrogens is 328 g/mol. The number of anilines is 1. The van der Waals surface area contributed by atoms with Gasteiger partial charge in [-0.3, -0.25) is 4.90 Å². The lowest BCUT2D eigenvalue weighted by atomic mass is 10.3. The van der Waals surface area contributed by atoms with E-state index < -0.39 is 10.0 Å². The first-order chi connectivity index (χ1) is 10.4. The number of sulfonamides is 1. The van der Waals surface area contributed by atoms with E-state index in [4.69, 9.17) is 9.66 Å². The largest absolute Gasteiger partial charge is 0.345 e. The Hall–Kier alpha value is -1.56. The normalized spacial score (nSPS) is 17.1. The number of hydrogen-bond acceptors (Lipinski definition) is 9. The summed E-state index contributed by atoms with van der Waals surface area (Å²) in [5, 5.41) is 9.55. The van der Waals surface area contributed by atoms with Crippen LogP contribution in [0.4, 0.5) is 5.13 Å². The van der Waals surface area contributed by atoms with Crippen molar-refractivity contribution in [3.05, 3.63) is 17.9 Å². The van der Waals surface area contributed by atoms with Crippen molar-refractivity contribution >= 4 is 26.5 Å². The molecule has 0 aromatic carbocycles. The standard InChI is InChI=1S/C11H16N6O3S2/c1-8-14-9(20-15-8)7-16-2-4-17(5-3-16)11-13-6-10(21-11)22(12,18)19/h6H,2-5,7H2,1H3,(H2,12,18,19). The summed E-state index contributed by atoms with van der Waals surface area (Å²) in [5.41, 5.74) is 0. The zero-order chi connectivity index (χ0) is 15.7. The van der Waals surface area contributed by atoms with E-state index in [9.17, 15) is 8.42 Å². The van der Waals surface area contributed by atoms with Crippen LogP contribution in [0.5, 0.6) is 0 Å². The average molecular weight is 344 g/mol. The smallest absolute Gasteiger partial charge is 0.249 e. The lowest BCUT2D eigenvalue weighted by molar-refractivity contribution is 0.215. The van der Waals surface area contributed by atoms with Crippen LogP contribution in [0.1, 0.15) is 11.7 Å². The predicted octanol–water partition coefficient (Wildman–Crippen LogP) is -0.196. The molecule has 0 atom stereocenters. The van der Waals surface area contributed by atoms with Crippen molar-refractivity contribution in [2.45, 2.75) is 17.7 Å². The highest BCUT2D eigenvalue weighted by Gasteiger charge is 2.22. The fraction of sp³-hybridized carbons (Fsp3) is 0.545. The van der Waals surface area contributed by atoms with Crippen LogP contribution in [0, 0.1) is 6.92 Å². The summed E-state index contributed by atoms with van der Waals surface area (Å²) in [6.45, 7) is 5.54. The molecule has 0 aliphatic carbocycles. The van der Waals surface area contributed by atoms with Crippen LogP contribution in [0.15, 0.2) is 14.9 Å². The molecule has 1 aliphatic heterocycles. The lowest BCUT2D eigenvalue weighted by Gasteiger charge is -2.33. The SMILES string of the molecule is Cc1noc(CN2CCN(c3ncc(S(N)(=O)=O)s3)CC2)n1. The van der Waals surface area contributed by atoms with Gasteiger partial charge in [-0.25, -0.2) is 18.5 Å². The Morgan fingerprint density at radius 2 is 2.09 bits per heavy atom. The van der Waals surface area contributed by atoms with E-state index in [1.807, 2.05) is 0 Å². The zero-order valence-electron chi connectivity index (χ0n) is 12.0. The highest BCUT2D eigenvalue weighted by atomic mass is 32.2. The van der Waals surface area contributed by atoms with Crippen LogP contribution >= 0.6 is 11.3 Å². The molecule has 1 fully saturated rings. The zero-order valence-corrected chi connectivity index (χ0v) is 13.6. The molecule has 9 nitrogen and oxygen atoms in total. The second kappa shape index (κ2) is 5.91. The molecule has 1 aliphatic rings. The van der Waals surface area contributed by atoms with Crippen LogP contribution in [0.25, 0.3) is 0 Å². The van der Waals surface area contributed by atoms with E-state index in [0.717, 1.165) is 37.5 Å². The summed E-state index contributed by atoms with van der Waals surface area (Å²) in [6.07, 6.45) is 1.31. The Morgan fingerprint density at radius 1 is 1.36 bits per heavy atom. The molecule has 22 heavy (non-hydrogen) atoms. The van der Waals surface area contributed by atoms with E-state index in [1.165, 1.54) is 6.20 Å². The molecule has 1 saturated heterocycles. The first-order valence-corrected chi connectivity index (χ1v) is 9.03. The molecule has 11 heteroatoms. The molecule has 0 bridgehead atoms. The molecule has 2 N–H and O–H groups in total. The van der Waals surface area contributed by atoms with Gasteiger partial charge >= 0.3 is 0 Å². The second-order valence-electron chi connectivity index (χ2n) is 5.01. The summed E-state index contributed by atoms with van der Waals surface area (Å²) >= 11 is 1.10. The monoisotopic (exact) mass is 344 g/mol. The van der Waals surface area contributed by atoms with Crippen molar-refractivity contribution in [2.75, 3.05) is 31.1 Å². The van der Waals surface area contributed by atoms with E-state index in [0.29, 0.717) is 23.4 Å². The van der Waals surface area contributed by atoms with Crippen LogP contribution in [-0.4, -0.2) is 54.6 Å². The molecule has 2 aromatic heterocycles. The molecule has 0 saturated carbocycles. The number of piperazine rings is 1. The summed E-state index contributed by atoms with van der Waals surface area (Å²) in [6, 6.07) is 0. The maximum atomic E-state index is 11.3. The maximum Gasteiger partial charge on any atom is 0.249 e. The van der Waals surface area contributed by atoms with E-state index in [1.54, 1.807) is 6.92 Å². The minimum Gasteiger partial charge on any atom is -0.345 e. The Bertz CT molecular complexity index is 747. The first-order valence-electron chi connectivity index (χ1n) is 6.67. The van der Waals surface area contributed by atoms with Crippen LogP contribution in [0.2, 0.25) is 0 Å². The van der Waals surface area contributed by atoms with Crippen molar-refractivity contribution in [3.8, 4) is 0 Å². The van der Waals surface area contributed by atoms with Crippen molar-refractivity contribution in [1.29, 1.82) is 0 Å². The first kappa shape index (κ1) is 15.3. The third-order valence-electron chi connectivity index (χ3n) is 3.32.